The second-order valence-corrected chi connectivity index (χ2v) is 7.39. The van der Waals surface area contributed by atoms with Crippen molar-refractivity contribution in [3.05, 3.63) is 65.1 Å². The smallest absolute Gasteiger partial charge is 0.210 e. The maximum atomic E-state index is 10.5. The Morgan fingerprint density at radius 3 is 2.69 bits per heavy atom. The van der Waals surface area contributed by atoms with Gasteiger partial charge in [0.25, 0.3) is 0 Å². The highest BCUT2D eigenvalue weighted by molar-refractivity contribution is 7.99. The fraction of sp³-hybridized carbons (Fsp3) is 0.0526. The topological polar surface area (TPSA) is 129 Å². The molecule has 4 N–H and O–H groups in total. The van der Waals surface area contributed by atoms with E-state index in [0.717, 1.165) is 22.8 Å². The lowest BCUT2D eigenvalue weighted by Gasteiger charge is -2.04. The van der Waals surface area contributed by atoms with Gasteiger partial charge in [0.1, 0.15) is 17.4 Å². The van der Waals surface area contributed by atoms with Gasteiger partial charge in [-0.1, -0.05) is 35.5 Å². The number of benzene rings is 2. The summed E-state index contributed by atoms with van der Waals surface area (Å²) in [4.78, 5) is 7.39. The van der Waals surface area contributed by atoms with Crippen molar-refractivity contribution in [1.29, 1.82) is 5.26 Å². The molecule has 8 nitrogen and oxygen atoms in total. The normalized spacial score (nSPS) is 12.0. The molecule has 2 heterocycles. The zero-order chi connectivity index (χ0) is 20.4. The van der Waals surface area contributed by atoms with E-state index in [4.69, 9.17) is 17.4 Å². The van der Waals surface area contributed by atoms with E-state index in [0.29, 0.717) is 27.3 Å². The molecule has 0 aliphatic rings. The lowest BCUT2D eigenvalue weighted by atomic mass is 10.2. The van der Waals surface area contributed by atoms with Crippen molar-refractivity contribution in [1.82, 2.24) is 24.8 Å². The molecule has 0 fully saturated rings. The summed E-state index contributed by atoms with van der Waals surface area (Å²) in [5.41, 5.74) is 2.32. The highest BCUT2D eigenvalue weighted by atomic mass is 35.5. The third-order valence-electron chi connectivity index (χ3n) is 4.13. The Morgan fingerprint density at radius 1 is 1.21 bits per heavy atom. The highest BCUT2D eigenvalue weighted by Gasteiger charge is 2.16. The predicted molar refractivity (Wildman–Crippen MR) is 113 cm³/mol. The average Bonchev–Trinajstić information content (AvgIpc) is 3.31. The average molecular weight is 424 g/mol. The molecule has 144 valence electrons. The van der Waals surface area contributed by atoms with E-state index in [1.807, 2.05) is 30.3 Å². The predicted octanol–water partition coefficient (Wildman–Crippen LogP) is 3.77. The number of aliphatic hydroxyl groups excluding tert-OH is 1. The molecule has 0 atom stereocenters. The number of imidazole rings is 1. The van der Waals surface area contributed by atoms with E-state index in [1.165, 1.54) is 4.68 Å². The second-order valence-electron chi connectivity index (χ2n) is 6.01. The van der Waals surface area contributed by atoms with Crippen LogP contribution >= 0.6 is 23.4 Å². The SMILES string of the molecule is N#C/C(=C(\O)CSc1nnc(-c2ccc(Cl)cc2)n1N)c1nc2ccccc2[nH]1. The van der Waals surface area contributed by atoms with E-state index >= 15 is 0 Å². The number of para-hydroxylation sites is 2. The Labute approximate surface area is 174 Å². The molecule has 29 heavy (non-hydrogen) atoms. The molecule has 0 unspecified atom stereocenters. The molecule has 0 saturated heterocycles. The molecule has 4 aromatic rings. The van der Waals surface area contributed by atoms with Gasteiger partial charge in [0.2, 0.25) is 5.16 Å². The quantitative estimate of drug-likeness (QED) is 0.193. The minimum Gasteiger partial charge on any atom is -0.510 e. The number of nitrogens with zero attached hydrogens (tertiary/aromatic N) is 5. The standard InChI is InChI=1S/C19H14ClN7OS/c20-12-7-5-11(6-8-12)18-25-26-19(27(18)22)29-10-16(28)13(9-21)17-23-14-3-1-2-4-15(14)24-17/h1-8,28H,10,22H2,(H,23,24)/b16-13+. The van der Waals surface area contributed by atoms with Gasteiger partial charge in [0.05, 0.1) is 16.8 Å². The van der Waals surface area contributed by atoms with E-state index < -0.39 is 0 Å². The zero-order valence-corrected chi connectivity index (χ0v) is 16.4. The van der Waals surface area contributed by atoms with Gasteiger partial charge in [-0.25, -0.2) is 9.66 Å². The molecule has 0 saturated carbocycles. The van der Waals surface area contributed by atoms with E-state index in [1.54, 1.807) is 24.3 Å². The van der Waals surface area contributed by atoms with Crippen LogP contribution in [-0.4, -0.2) is 35.7 Å². The first-order valence-corrected chi connectivity index (χ1v) is 9.79. The maximum Gasteiger partial charge on any atom is 0.210 e. The summed E-state index contributed by atoms with van der Waals surface area (Å²) in [7, 11) is 0. The van der Waals surface area contributed by atoms with Gasteiger partial charge in [-0.2, -0.15) is 5.26 Å². The molecule has 0 bridgehead atoms. The van der Waals surface area contributed by atoms with Crippen LogP contribution in [0.25, 0.3) is 28.0 Å². The first-order chi connectivity index (χ1) is 14.1. The van der Waals surface area contributed by atoms with Crippen molar-refractivity contribution in [3.63, 3.8) is 0 Å². The summed E-state index contributed by atoms with van der Waals surface area (Å²) in [6.07, 6.45) is 0. The molecule has 0 aliphatic heterocycles. The number of nitrogens with two attached hydrogens (primary N) is 1. The Balaban J connectivity index is 1.56. The van der Waals surface area contributed by atoms with Crippen LogP contribution in [0.3, 0.4) is 0 Å². The molecule has 0 aliphatic carbocycles. The van der Waals surface area contributed by atoms with Gasteiger partial charge >= 0.3 is 0 Å². The van der Waals surface area contributed by atoms with Crippen molar-refractivity contribution >= 4 is 40.0 Å². The molecule has 4 rings (SSSR count). The number of fused-ring (bicyclic) bond motifs is 1. The van der Waals surface area contributed by atoms with Gasteiger partial charge in [0, 0.05) is 10.6 Å². The molecule has 2 aromatic carbocycles. The maximum absolute atomic E-state index is 10.5. The number of nitriles is 1. The van der Waals surface area contributed by atoms with E-state index in [2.05, 4.69) is 20.2 Å². The van der Waals surface area contributed by atoms with Crippen LogP contribution in [0.15, 0.2) is 59.4 Å². The minimum absolute atomic E-state index is 0.0645. The molecular weight excluding hydrogens is 410 g/mol. The fourth-order valence-electron chi connectivity index (χ4n) is 2.70. The lowest BCUT2D eigenvalue weighted by Crippen LogP contribution is -2.11. The summed E-state index contributed by atoms with van der Waals surface area (Å²) in [6.45, 7) is 0. The molecule has 0 spiro atoms. The van der Waals surface area contributed by atoms with Gasteiger partial charge in [-0.05, 0) is 36.4 Å². The van der Waals surface area contributed by atoms with Gasteiger partial charge < -0.3 is 15.9 Å². The summed E-state index contributed by atoms with van der Waals surface area (Å²) in [5, 5.41) is 29.1. The number of allylic oxidation sites excluding steroid dienone is 1. The first-order valence-electron chi connectivity index (χ1n) is 8.43. The van der Waals surface area contributed by atoms with Crippen molar-refractivity contribution < 1.29 is 5.11 Å². The van der Waals surface area contributed by atoms with Crippen LogP contribution in [-0.2, 0) is 0 Å². The van der Waals surface area contributed by atoms with Crippen LogP contribution < -0.4 is 5.84 Å². The van der Waals surface area contributed by atoms with Crippen molar-refractivity contribution in [3.8, 4) is 17.5 Å². The van der Waals surface area contributed by atoms with Crippen molar-refractivity contribution in [2.75, 3.05) is 11.6 Å². The lowest BCUT2D eigenvalue weighted by molar-refractivity contribution is 0.420. The summed E-state index contributed by atoms with van der Waals surface area (Å²) in [5.74, 6) is 6.81. The number of hydrogen-bond donors (Lipinski definition) is 3. The number of thioether (sulfide) groups is 1. The van der Waals surface area contributed by atoms with Gasteiger partial charge in [0.15, 0.2) is 11.6 Å². The number of H-pyrrole nitrogens is 1. The number of hydrogen-bond acceptors (Lipinski definition) is 7. The van der Waals surface area contributed by atoms with Gasteiger partial charge in [-0.15, -0.1) is 10.2 Å². The fourth-order valence-corrected chi connectivity index (χ4v) is 3.56. The van der Waals surface area contributed by atoms with Crippen LogP contribution in [0.1, 0.15) is 5.82 Å². The number of nitrogens with one attached hydrogen (secondary N) is 1. The third-order valence-corrected chi connectivity index (χ3v) is 5.34. The van der Waals surface area contributed by atoms with Crippen LogP contribution in [0.4, 0.5) is 0 Å². The van der Waals surface area contributed by atoms with Crippen LogP contribution in [0, 0.1) is 11.3 Å². The Hall–Kier alpha value is -3.48. The Bertz CT molecular complexity index is 1220. The zero-order valence-electron chi connectivity index (χ0n) is 14.9. The molecule has 0 amide bonds. The minimum atomic E-state index is -0.132. The Morgan fingerprint density at radius 2 is 1.97 bits per heavy atom. The Kier molecular flexibility index (Phi) is 5.12. The van der Waals surface area contributed by atoms with E-state index in [-0.39, 0.29) is 17.1 Å². The first kappa shape index (κ1) is 18.9. The molecule has 10 heteroatoms. The molecule has 0 radical (unpaired) electrons. The number of aliphatic hydroxyl groups is 1. The molecular formula is C19H14ClN7OS. The van der Waals surface area contributed by atoms with Crippen molar-refractivity contribution in [2.45, 2.75) is 5.16 Å². The highest BCUT2D eigenvalue weighted by Crippen LogP contribution is 2.26. The van der Waals surface area contributed by atoms with Crippen LogP contribution in [0.2, 0.25) is 5.02 Å². The second kappa shape index (κ2) is 7.87. The third kappa shape index (κ3) is 3.76. The summed E-state index contributed by atoms with van der Waals surface area (Å²) < 4.78 is 1.33. The van der Waals surface area contributed by atoms with Crippen molar-refractivity contribution in [2.24, 2.45) is 0 Å². The largest absolute Gasteiger partial charge is 0.510 e. The summed E-state index contributed by atoms with van der Waals surface area (Å²) in [6, 6.07) is 16.4. The molecule has 2 aromatic heterocycles. The summed E-state index contributed by atoms with van der Waals surface area (Å²) >= 11 is 7.06. The number of rotatable bonds is 5. The number of aromatic amines is 1. The van der Waals surface area contributed by atoms with Gasteiger partial charge in [-0.3, -0.25) is 0 Å². The monoisotopic (exact) mass is 423 g/mol. The number of halogens is 1. The number of aromatic nitrogens is 5. The number of nitrogen functional groups attached to an aromatic ring is 1. The van der Waals surface area contributed by atoms with E-state index in [9.17, 15) is 10.4 Å². The van der Waals surface area contributed by atoms with Crippen LogP contribution in [0.5, 0.6) is 0 Å².